The minimum Gasteiger partial charge on any atom is -0.299 e. The molecule has 0 aromatic heterocycles. The number of aryl methyl sites for hydroxylation is 3. The predicted molar refractivity (Wildman–Crippen MR) is 317 cm³/mol. The van der Waals surface area contributed by atoms with Crippen LogP contribution in [0.4, 0.5) is 13.2 Å². The Morgan fingerprint density at radius 2 is 1.25 bits per heavy atom. The van der Waals surface area contributed by atoms with Crippen molar-refractivity contribution < 1.29 is 13.2 Å². The zero-order chi connectivity index (χ0) is 53.6. The van der Waals surface area contributed by atoms with E-state index in [4.69, 9.17) is 0 Å². The molecule has 4 aromatic carbocycles. The maximum Gasteiger partial charge on any atom is 0.440 e. The van der Waals surface area contributed by atoms with Gasteiger partial charge in [0, 0.05) is 27.0 Å². The summed E-state index contributed by atoms with van der Waals surface area (Å²) in [6, 6.07) is 33.3. The highest BCUT2D eigenvalue weighted by Crippen LogP contribution is 2.45. The van der Waals surface area contributed by atoms with Gasteiger partial charge in [-0.2, -0.15) is 13.2 Å². The van der Waals surface area contributed by atoms with E-state index in [2.05, 4.69) is 152 Å². The van der Waals surface area contributed by atoms with Crippen molar-refractivity contribution in [2.45, 2.75) is 190 Å². The fraction of sp³-hybridized carbons (Fsp3) is 0.532. The molecule has 1 unspecified atom stereocenters. The normalized spacial score (nSPS) is 13.1. The zero-order valence-corrected chi connectivity index (χ0v) is 49.8. The molecule has 69 heavy (non-hydrogen) atoms. The van der Waals surface area contributed by atoms with E-state index in [1.165, 1.54) is 103 Å². The third-order valence-electron chi connectivity index (χ3n) is 10.6. The molecule has 0 saturated heterocycles. The lowest BCUT2D eigenvalue weighted by atomic mass is 9.72. The molecular weight excluding hydrogens is 912 g/mol. The minimum atomic E-state index is -4.25. The van der Waals surface area contributed by atoms with Crippen LogP contribution in [0.25, 0.3) is 11.1 Å². The van der Waals surface area contributed by atoms with Gasteiger partial charge in [-0.3, -0.25) is 4.90 Å². The maximum absolute atomic E-state index is 12.5. The van der Waals surface area contributed by atoms with Gasteiger partial charge < -0.3 is 0 Å². The molecule has 4 aromatic rings. The van der Waals surface area contributed by atoms with E-state index in [1.54, 1.807) is 30.2 Å². The molecule has 0 radical (unpaired) electrons. The van der Waals surface area contributed by atoms with Crippen LogP contribution in [0.3, 0.4) is 0 Å². The molecule has 0 aliphatic heterocycles. The zero-order valence-electron chi connectivity index (χ0n) is 47.3. The topological polar surface area (TPSA) is 3.24 Å². The van der Waals surface area contributed by atoms with E-state index in [9.17, 15) is 13.2 Å². The summed E-state index contributed by atoms with van der Waals surface area (Å²) in [5.41, 5.74) is 6.61. The second-order valence-corrected chi connectivity index (χ2v) is 20.9. The first kappa shape index (κ1) is 70.3. The molecule has 2 atom stereocenters. The van der Waals surface area contributed by atoms with Crippen LogP contribution in [0, 0.1) is 32.1 Å². The van der Waals surface area contributed by atoms with Crippen molar-refractivity contribution in [1.82, 2.24) is 4.90 Å². The van der Waals surface area contributed by atoms with E-state index in [0.717, 1.165) is 22.9 Å². The summed E-state index contributed by atoms with van der Waals surface area (Å²) in [5, 5.41) is 0. The molecule has 1 aliphatic rings. The highest BCUT2D eigenvalue weighted by atomic mass is 32.2. The average Bonchev–Trinajstić information content (AvgIpc) is 3.35. The van der Waals surface area contributed by atoms with Crippen molar-refractivity contribution in [2.75, 3.05) is 31.6 Å². The van der Waals surface area contributed by atoms with Crippen LogP contribution < -0.4 is 0 Å². The number of halogens is 3. The van der Waals surface area contributed by atoms with Gasteiger partial charge in [-0.25, -0.2) is 0 Å². The van der Waals surface area contributed by atoms with Gasteiger partial charge in [0.15, 0.2) is 0 Å². The van der Waals surface area contributed by atoms with Gasteiger partial charge >= 0.3 is 5.51 Å². The monoisotopic (exact) mass is 1010 g/mol. The highest BCUT2D eigenvalue weighted by Gasteiger charge is 2.33. The number of hydrogen-bond acceptors (Lipinski definition) is 3. The minimum absolute atomic E-state index is 0.286. The quantitative estimate of drug-likeness (QED) is 0.0863. The van der Waals surface area contributed by atoms with Crippen molar-refractivity contribution in [3.8, 4) is 0 Å². The summed E-state index contributed by atoms with van der Waals surface area (Å²) in [6.45, 7) is 45.5. The molecule has 0 fully saturated rings. The highest BCUT2D eigenvalue weighted by molar-refractivity contribution is 8.15. The number of alkyl halides is 3. The Bertz CT molecular complexity index is 1910. The van der Waals surface area contributed by atoms with Gasteiger partial charge in [-0.15, -0.1) is 23.5 Å². The van der Waals surface area contributed by atoms with Gasteiger partial charge in [-0.05, 0) is 137 Å². The smallest absolute Gasteiger partial charge is 0.299 e. The summed E-state index contributed by atoms with van der Waals surface area (Å²) in [4.78, 5) is 5.17. The van der Waals surface area contributed by atoms with Crippen LogP contribution in [-0.2, 0) is 0 Å². The van der Waals surface area contributed by atoms with Crippen molar-refractivity contribution in [2.24, 2.45) is 11.3 Å². The molecule has 7 heteroatoms. The summed E-state index contributed by atoms with van der Waals surface area (Å²) in [7, 11) is -1.94. The fourth-order valence-corrected chi connectivity index (χ4v) is 9.59. The molecule has 5 rings (SSSR count). The van der Waals surface area contributed by atoms with Crippen LogP contribution in [0.5, 0.6) is 0 Å². The Morgan fingerprint density at radius 3 is 1.70 bits per heavy atom. The van der Waals surface area contributed by atoms with Crippen LogP contribution in [-0.4, -0.2) is 47.9 Å². The maximum atomic E-state index is 12.5. The lowest BCUT2D eigenvalue weighted by molar-refractivity contribution is -0.0334. The SMILES string of the molecule is C=C(C)c1ccc(C)cc1.C=S(c1cc(SC)ccc1C)C(F)(F)F.CC.CC.CC.CC.CCCN(CCC)CC1=C(c2ccc(C)cc2)CCC(C)(C)C1.CCC[C@@H](C)CSc1ccccc1. The van der Waals surface area contributed by atoms with Crippen LogP contribution >= 0.6 is 34.0 Å². The van der Waals surface area contributed by atoms with Crippen molar-refractivity contribution in [3.63, 3.8) is 0 Å². The molecule has 0 saturated carbocycles. The summed E-state index contributed by atoms with van der Waals surface area (Å²) >= 11 is 3.40. The number of thioether (sulfide) groups is 2. The van der Waals surface area contributed by atoms with E-state index in [1.807, 2.05) is 86.4 Å². The summed E-state index contributed by atoms with van der Waals surface area (Å²) in [6.07, 6.45) is 10.8. The van der Waals surface area contributed by atoms with Crippen LogP contribution in [0.1, 0.15) is 177 Å². The van der Waals surface area contributed by atoms with Gasteiger partial charge in [0.1, 0.15) is 0 Å². The van der Waals surface area contributed by atoms with Gasteiger partial charge in [0.2, 0.25) is 0 Å². The van der Waals surface area contributed by atoms with Crippen molar-refractivity contribution in [3.05, 3.63) is 137 Å². The summed E-state index contributed by atoms with van der Waals surface area (Å²) in [5.74, 6) is 5.30. The molecule has 392 valence electrons. The van der Waals surface area contributed by atoms with Gasteiger partial charge in [-0.1, -0.05) is 228 Å². The Balaban J connectivity index is -0.000000832. The Labute approximate surface area is 436 Å². The molecule has 1 aliphatic carbocycles. The van der Waals surface area contributed by atoms with Crippen molar-refractivity contribution >= 4 is 51.0 Å². The number of benzene rings is 4. The molecule has 0 N–H and O–H groups in total. The van der Waals surface area contributed by atoms with Gasteiger partial charge in [0.25, 0.3) is 0 Å². The van der Waals surface area contributed by atoms with E-state index in [0.29, 0.717) is 11.0 Å². The van der Waals surface area contributed by atoms with E-state index >= 15 is 0 Å². The third-order valence-corrected chi connectivity index (χ3v) is 14.2. The number of allylic oxidation sites excluding steroid dienone is 2. The second-order valence-electron chi connectivity index (χ2n) is 17.2. The first-order valence-corrected chi connectivity index (χ1v) is 29.6. The fourth-order valence-electron chi connectivity index (χ4n) is 7.11. The average molecular weight is 1010 g/mol. The number of nitrogens with zero attached hydrogens (tertiary/aromatic N) is 1. The van der Waals surface area contributed by atoms with Crippen LogP contribution in [0.2, 0.25) is 0 Å². The standard InChI is InChI=1S/C22H35N.C12H18S.C10H11F3S2.C10H12.4C2H6/c1-6-14-23(15-7-2)17-20-16-22(4,5)13-12-21(20)19-10-8-18(3)9-11-19;1-3-7-11(2)10-13-12-8-5-4-6-9-12;1-7-4-5-8(14-2)6-9(7)15(3)10(11,12)13;1-8(2)10-6-4-9(3)5-7-10;4*1-2/h8-11H,6-7,12-17H2,1-5H3;4-6,8-9,11H,3,7,10H2,1-2H3;4-6H,3H2,1-2H3;4-7H,1H2,2-3H3;4*1-2H3/t;11-;;;;;;/m.1....../s1. The summed E-state index contributed by atoms with van der Waals surface area (Å²) < 4.78 is 37.5. The largest absolute Gasteiger partial charge is 0.440 e. The first-order valence-electron chi connectivity index (χ1n) is 26.0. The Kier molecular flexibility index (Phi) is 42.4. The molecule has 0 spiro atoms. The van der Waals surface area contributed by atoms with E-state index < -0.39 is 16.0 Å². The lowest BCUT2D eigenvalue weighted by Crippen LogP contribution is -2.31. The molecule has 0 amide bonds. The number of rotatable bonds is 15. The Hall–Kier alpha value is -2.97. The molecule has 0 heterocycles. The lowest BCUT2D eigenvalue weighted by Gasteiger charge is -2.36. The van der Waals surface area contributed by atoms with Crippen molar-refractivity contribution in [1.29, 1.82) is 0 Å². The van der Waals surface area contributed by atoms with Gasteiger partial charge in [0.05, 0.1) is 0 Å². The third kappa shape index (κ3) is 31.2. The molecule has 1 nitrogen and oxygen atoms in total. The molecular formula is C62H100F3NS3. The van der Waals surface area contributed by atoms with E-state index in [-0.39, 0.29) is 4.90 Å². The second kappa shape index (κ2) is 41.6. The molecule has 0 bridgehead atoms. The Morgan fingerprint density at radius 1 is 0.739 bits per heavy atom. The predicted octanol–water partition coefficient (Wildman–Crippen LogP) is 21.7. The number of hydrogen-bond donors (Lipinski definition) is 0. The first-order chi connectivity index (χ1) is 32.8. The van der Waals surface area contributed by atoms with Crippen LogP contribution in [0.15, 0.2) is 124 Å².